The quantitative estimate of drug-likeness (QED) is 0.418. The molecule has 0 heterocycles. The summed E-state index contributed by atoms with van der Waals surface area (Å²) in [7, 11) is 0. The molecule has 0 atom stereocenters. The van der Waals surface area contributed by atoms with Crippen LogP contribution in [0.25, 0.3) is 0 Å². The molecule has 1 aromatic rings. The third kappa shape index (κ3) is 1.34. The average molecular weight is 156 g/mol. The Kier molecular flexibility index (Phi) is 2.03. The predicted molar refractivity (Wildman–Crippen MR) is 42.6 cm³/mol. The fraction of sp³-hybridized carbons (Fsp3) is 0. The molecule has 0 aliphatic rings. The topological polar surface area (TPSA) is 72.3 Å². The molecular formula is C6H8N2OS. The van der Waals surface area contributed by atoms with Crippen molar-refractivity contribution in [1.29, 1.82) is 0 Å². The molecule has 0 aliphatic heterocycles. The van der Waals surface area contributed by atoms with Gasteiger partial charge in [-0.3, -0.25) is 5.14 Å². The maximum atomic E-state index is 9.11. The zero-order chi connectivity index (χ0) is 7.56. The first kappa shape index (κ1) is 7.24. The van der Waals surface area contributed by atoms with E-state index in [-0.39, 0.29) is 5.75 Å². The van der Waals surface area contributed by atoms with E-state index >= 15 is 0 Å². The summed E-state index contributed by atoms with van der Waals surface area (Å²) in [6.07, 6.45) is 0. The van der Waals surface area contributed by atoms with E-state index in [4.69, 9.17) is 16.0 Å². The molecule has 5 N–H and O–H groups in total. The standard InChI is InChI=1S/C6H8N2OS/c7-4-1-2-6(10-8)5(9)3-4/h1-3,9H,7-8H2. The van der Waals surface area contributed by atoms with Crippen LogP contribution in [0.2, 0.25) is 0 Å². The first-order valence-corrected chi connectivity index (χ1v) is 3.57. The fourth-order valence-electron chi connectivity index (χ4n) is 0.634. The van der Waals surface area contributed by atoms with E-state index in [1.165, 1.54) is 6.07 Å². The molecule has 0 bridgehead atoms. The van der Waals surface area contributed by atoms with Gasteiger partial charge in [-0.15, -0.1) is 0 Å². The minimum absolute atomic E-state index is 0.132. The summed E-state index contributed by atoms with van der Waals surface area (Å²) in [6, 6.07) is 4.83. The van der Waals surface area contributed by atoms with Crippen LogP contribution in [0.5, 0.6) is 5.75 Å². The Balaban J connectivity index is 3.07. The van der Waals surface area contributed by atoms with Crippen molar-refractivity contribution in [3.8, 4) is 5.75 Å². The minimum Gasteiger partial charge on any atom is -0.507 e. The maximum absolute atomic E-state index is 9.11. The highest BCUT2D eigenvalue weighted by Crippen LogP contribution is 2.26. The van der Waals surface area contributed by atoms with Crippen molar-refractivity contribution >= 4 is 17.6 Å². The van der Waals surface area contributed by atoms with Crippen molar-refractivity contribution in [3.05, 3.63) is 18.2 Å². The zero-order valence-electron chi connectivity index (χ0n) is 5.24. The normalized spacial score (nSPS) is 9.70. The Morgan fingerprint density at radius 3 is 2.60 bits per heavy atom. The summed E-state index contributed by atoms with van der Waals surface area (Å²) in [6.45, 7) is 0. The van der Waals surface area contributed by atoms with E-state index in [9.17, 15) is 0 Å². The minimum atomic E-state index is 0.132. The molecule has 0 aliphatic carbocycles. The number of nitrogen functional groups attached to an aromatic ring is 1. The van der Waals surface area contributed by atoms with Gasteiger partial charge in [0.25, 0.3) is 0 Å². The van der Waals surface area contributed by atoms with Crippen LogP contribution in [-0.2, 0) is 0 Å². The third-order valence-electron chi connectivity index (χ3n) is 1.11. The summed E-state index contributed by atoms with van der Waals surface area (Å²) in [5, 5.41) is 14.3. The monoisotopic (exact) mass is 156 g/mol. The molecule has 0 saturated carbocycles. The molecule has 10 heavy (non-hydrogen) atoms. The molecule has 3 nitrogen and oxygen atoms in total. The van der Waals surface area contributed by atoms with Crippen LogP contribution >= 0.6 is 11.9 Å². The number of phenols is 1. The van der Waals surface area contributed by atoms with Crippen LogP contribution in [0.4, 0.5) is 5.69 Å². The summed E-state index contributed by atoms with van der Waals surface area (Å²) in [5.41, 5.74) is 5.91. The number of aromatic hydroxyl groups is 1. The molecule has 4 heteroatoms. The van der Waals surface area contributed by atoms with Crippen molar-refractivity contribution in [3.63, 3.8) is 0 Å². The number of benzene rings is 1. The molecule has 0 amide bonds. The van der Waals surface area contributed by atoms with E-state index in [1.54, 1.807) is 12.1 Å². The van der Waals surface area contributed by atoms with Crippen LogP contribution in [0, 0.1) is 0 Å². The lowest BCUT2D eigenvalue weighted by Crippen LogP contribution is -1.85. The summed E-state index contributed by atoms with van der Waals surface area (Å²) >= 11 is 0.999. The molecule has 1 aromatic carbocycles. The van der Waals surface area contributed by atoms with Crippen molar-refractivity contribution in [1.82, 2.24) is 0 Å². The van der Waals surface area contributed by atoms with Gasteiger partial charge in [-0.2, -0.15) is 0 Å². The Morgan fingerprint density at radius 1 is 1.40 bits per heavy atom. The molecular weight excluding hydrogens is 148 g/mol. The van der Waals surface area contributed by atoms with E-state index < -0.39 is 0 Å². The molecule has 0 saturated heterocycles. The van der Waals surface area contributed by atoms with E-state index in [0.29, 0.717) is 10.6 Å². The van der Waals surface area contributed by atoms with Gasteiger partial charge in [0.2, 0.25) is 0 Å². The van der Waals surface area contributed by atoms with Crippen LogP contribution in [0.15, 0.2) is 23.1 Å². The second-order valence-electron chi connectivity index (χ2n) is 1.85. The molecule has 0 radical (unpaired) electrons. The van der Waals surface area contributed by atoms with E-state index in [1.807, 2.05) is 0 Å². The maximum Gasteiger partial charge on any atom is 0.132 e. The number of hydrogen-bond acceptors (Lipinski definition) is 4. The zero-order valence-corrected chi connectivity index (χ0v) is 6.06. The largest absolute Gasteiger partial charge is 0.507 e. The van der Waals surface area contributed by atoms with Gasteiger partial charge in [0.05, 0.1) is 4.90 Å². The molecule has 1 rings (SSSR count). The number of nitrogens with two attached hydrogens (primary N) is 2. The molecule has 54 valence electrons. The van der Waals surface area contributed by atoms with Crippen molar-refractivity contribution < 1.29 is 5.11 Å². The lowest BCUT2D eigenvalue weighted by Gasteiger charge is -1.99. The predicted octanol–water partition coefficient (Wildman–Crippen LogP) is 0.940. The molecule has 0 spiro atoms. The first-order chi connectivity index (χ1) is 4.74. The van der Waals surface area contributed by atoms with Crippen LogP contribution in [0.3, 0.4) is 0 Å². The van der Waals surface area contributed by atoms with Gasteiger partial charge >= 0.3 is 0 Å². The smallest absolute Gasteiger partial charge is 0.132 e. The first-order valence-electron chi connectivity index (χ1n) is 2.69. The van der Waals surface area contributed by atoms with Gasteiger partial charge in [-0.05, 0) is 24.1 Å². The van der Waals surface area contributed by atoms with Crippen molar-refractivity contribution in [2.45, 2.75) is 4.90 Å². The van der Waals surface area contributed by atoms with Gasteiger partial charge in [-0.1, -0.05) is 0 Å². The Morgan fingerprint density at radius 2 is 2.10 bits per heavy atom. The highest BCUT2D eigenvalue weighted by atomic mass is 32.2. The molecule has 0 fully saturated rings. The SMILES string of the molecule is NSc1ccc(N)cc1O. The second-order valence-corrected chi connectivity index (χ2v) is 2.52. The Hall–Kier alpha value is -0.870. The highest BCUT2D eigenvalue weighted by Gasteiger charge is 1.97. The number of anilines is 1. The lowest BCUT2D eigenvalue weighted by molar-refractivity contribution is 0.463. The second kappa shape index (κ2) is 2.81. The average Bonchev–Trinajstić information content (AvgIpc) is 1.88. The molecule has 0 unspecified atom stereocenters. The summed E-state index contributed by atoms with van der Waals surface area (Å²) < 4.78 is 0. The number of rotatable bonds is 1. The fourth-order valence-corrected chi connectivity index (χ4v) is 0.960. The van der Waals surface area contributed by atoms with E-state index in [0.717, 1.165) is 11.9 Å². The van der Waals surface area contributed by atoms with Crippen molar-refractivity contribution in [2.24, 2.45) is 5.14 Å². The highest BCUT2D eigenvalue weighted by molar-refractivity contribution is 7.97. The van der Waals surface area contributed by atoms with Crippen LogP contribution in [0.1, 0.15) is 0 Å². The third-order valence-corrected chi connectivity index (χ3v) is 1.71. The lowest BCUT2D eigenvalue weighted by atomic mass is 10.3. The Bertz CT molecular complexity index is 239. The summed E-state index contributed by atoms with van der Waals surface area (Å²) in [5.74, 6) is 0.132. The van der Waals surface area contributed by atoms with Crippen molar-refractivity contribution in [2.75, 3.05) is 5.73 Å². The number of phenolic OH excluding ortho intramolecular Hbond substituents is 1. The molecule has 0 aromatic heterocycles. The summed E-state index contributed by atoms with van der Waals surface area (Å²) in [4.78, 5) is 0.634. The van der Waals surface area contributed by atoms with Gasteiger partial charge in [-0.25, -0.2) is 0 Å². The van der Waals surface area contributed by atoms with E-state index in [2.05, 4.69) is 0 Å². The number of hydrogen-bond donors (Lipinski definition) is 3. The van der Waals surface area contributed by atoms with Gasteiger partial charge < -0.3 is 10.8 Å². The van der Waals surface area contributed by atoms with Gasteiger partial charge in [0, 0.05) is 11.8 Å². The van der Waals surface area contributed by atoms with Gasteiger partial charge in [0.1, 0.15) is 5.75 Å². The van der Waals surface area contributed by atoms with Gasteiger partial charge in [0.15, 0.2) is 0 Å². The Labute approximate surface area is 63.2 Å². The van der Waals surface area contributed by atoms with Crippen LogP contribution in [-0.4, -0.2) is 5.11 Å². The van der Waals surface area contributed by atoms with Crippen LogP contribution < -0.4 is 10.9 Å².